The molecule has 1 fully saturated rings. The second-order valence-corrected chi connectivity index (χ2v) is 21.3. The topological polar surface area (TPSA) is 175 Å². The second kappa shape index (κ2) is 53.1. The molecule has 1 aliphatic rings. The molecule has 0 aromatic carbocycles. The molecule has 6 atom stereocenters. The van der Waals surface area contributed by atoms with E-state index in [-0.39, 0.29) is 25.9 Å². The van der Waals surface area contributed by atoms with Crippen molar-refractivity contribution in [1.29, 1.82) is 0 Å². The fraction of sp³-hybridized carbons (Fsp3) is 0.785. The number of aliphatic hydroxyl groups is 2. The van der Waals surface area contributed by atoms with Crippen LogP contribution in [0.25, 0.3) is 0 Å². The van der Waals surface area contributed by atoms with Crippen LogP contribution in [0.15, 0.2) is 60.8 Å². The highest BCUT2D eigenvalue weighted by molar-refractivity contribution is 5.74. The van der Waals surface area contributed by atoms with Crippen LogP contribution in [-0.4, -0.2) is 89.2 Å². The van der Waals surface area contributed by atoms with Gasteiger partial charge in [0.1, 0.15) is 18.8 Å². The number of hydrogen-bond donors (Lipinski definition) is 3. The van der Waals surface area contributed by atoms with Crippen LogP contribution in [0.1, 0.15) is 278 Å². The number of hydrogen-bond acceptors (Lipinski definition) is 11. The van der Waals surface area contributed by atoms with Crippen molar-refractivity contribution in [3.05, 3.63) is 60.8 Å². The number of unbranched alkanes of at least 4 members (excludes halogenated alkanes) is 29. The summed E-state index contributed by atoms with van der Waals surface area (Å²) in [7, 11) is 0. The average molecular weight is 1090 g/mol. The maximum Gasteiger partial charge on any atom is 0.335 e. The standard InChI is InChI=1S/C65H112O12/c1-4-7-10-13-16-19-22-24-26-28-29-31-33-35-38-41-44-47-50-53-59(68)76-63-61(70)60(69)62(64(71)72)77-65(63)74-55-56(75-58(67)52-49-46-43-40-36-21-18-15-12-9-6-3)54-73-57(66)51-48-45-42-39-37-34-32-30-27-25-23-20-17-14-11-8-5-2/h16-17,19-20,24-27,29,31,56,60-63,65,69-70H,4-15,18,21-23,28,30,32-55H2,1-3H3,(H,71,72)/b19-16-,20-17-,26-24-,27-25-,31-29-. The van der Waals surface area contributed by atoms with Gasteiger partial charge in [0.25, 0.3) is 0 Å². The Morgan fingerprint density at radius 3 is 1.21 bits per heavy atom. The summed E-state index contributed by atoms with van der Waals surface area (Å²) < 4.78 is 28.5. The van der Waals surface area contributed by atoms with Crippen molar-refractivity contribution in [2.45, 2.75) is 314 Å². The maximum absolute atomic E-state index is 13.1. The van der Waals surface area contributed by atoms with Gasteiger partial charge in [-0.25, -0.2) is 4.79 Å². The molecule has 0 saturated carbocycles. The molecular weight excluding hydrogens is 973 g/mol. The third-order valence-corrected chi connectivity index (χ3v) is 14.1. The Morgan fingerprint density at radius 1 is 0.429 bits per heavy atom. The average Bonchev–Trinajstić information content (AvgIpc) is 3.42. The Balaban J connectivity index is 2.65. The van der Waals surface area contributed by atoms with E-state index in [9.17, 15) is 34.5 Å². The van der Waals surface area contributed by atoms with Gasteiger partial charge in [-0.3, -0.25) is 14.4 Å². The van der Waals surface area contributed by atoms with Crippen LogP contribution in [0.2, 0.25) is 0 Å². The first-order valence-corrected chi connectivity index (χ1v) is 31.3. The van der Waals surface area contributed by atoms with Crippen molar-refractivity contribution in [3.8, 4) is 0 Å². The summed E-state index contributed by atoms with van der Waals surface area (Å²) in [5, 5.41) is 31.5. The van der Waals surface area contributed by atoms with Crippen molar-refractivity contribution in [3.63, 3.8) is 0 Å². The van der Waals surface area contributed by atoms with E-state index in [4.69, 9.17) is 23.7 Å². The van der Waals surface area contributed by atoms with Crippen LogP contribution in [-0.2, 0) is 42.9 Å². The molecule has 0 spiro atoms. The Labute approximate surface area is 468 Å². The summed E-state index contributed by atoms with van der Waals surface area (Å²) in [4.78, 5) is 51.2. The summed E-state index contributed by atoms with van der Waals surface area (Å²) >= 11 is 0. The zero-order valence-electron chi connectivity index (χ0n) is 49.0. The van der Waals surface area contributed by atoms with Crippen molar-refractivity contribution in [1.82, 2.24) is 0 Å². The number of esters is 3. The van der Waals surface area contributed by atoms with E-state index in [1.807, 2.05) is 0 Å². The molecule has 6 unspecified atom stereocenters. The summed E-state index contributed by atoms with van der Waals surface area (Å²) in [5.41, 5.74) is 0. The number of carboxylic acids is 1. The molecule has 1 heterocycles. The highest BCUT2D eigenvalue weighted by Crippen LogP contribution is 2.26. The molecule has 444 valence electrons. The number of ether oxygens (including phenoxy) is 5. The van der Waals surface area contributed by atoms with Crippen LogP contribution in [0.3, 0.4) is 0 Å². The van der Waals surface area contributed by atoms with E-state index in [1.54, 1.807) is 0 Å². The quantitative estimate of drug-likeness (QED) is 0.0228. The number of aliphatic hydroxyl groups excluding tert-OH is 2. The monoisotopic (exact) mass is 1080 g/mol. The Kier molecular flexibility index (Phi) is 49.2. The molecule has 0 amide bonds. The number of allylic oxidation sites excluding steroid dienone is 10. The number of carbonyl (C=O) groups excluding carboxylic acids is 3. The molecule has 1 aliphatic heterocycles. The van der Waals surface area contributed by atoms with E-state index < -0.39 is 67.3 Å². The largest absolute Gasteiger partial charge is 0.479 e. The van der Waals surface area contributed by atoms with Crippen molar-refractivity contribution < 1.29 is 58.2 Å². The minimum Gasteiger partial charge on any atom is -0.479 e. The van der Waals surface area contributed by atoms with Crippen LogP contribution >= 0.6 is 0 Å². The molecule has 1 rings (SSSR count). The molecule has 0 aromatic heterocycles. The SMILES string of the molecule is CCCCC/C=C\C/C=C\C/C=C\CCCCCCCCC(=O)OC1C(OCC(COC(=O)CCCCCCCCC/C=C\C/C=C\CCCCC)OC(=O)CCCCCCCCCCCCC)OC(C(=O)O)C(O)C1O. The summed E-state index contributed by atoms with van der Waals surface area (Å²) in [6.45, 7) is 5.94. The van der Waals surface area contributed by atoms with Gasteiger partial charge in [0, 0.05) is 19.3 Å². The second-order valence-electron chi connectivity index (χ2n) is 21.3. The smallest absolute Gasteiger partial charge is 0.335 e. The van der Waals surface area contributed by atoms with Crippen LogP contribution in [0.5, 0.6) is 0 Å². The highest BCUT2D eigenvalue weighted by atomic mass is 16.7. The normalized spacial score (nSPS) is 18.4. The van der Waals surface area contributed by atoms with Gasteiger partial charge < -0.3 is 39.0 Å². The first kappa shape index (κ1) is 71.4. The molecule has 77 heavy (non-hydrogen) atoms. The molecule has 0 aromatic rings. The summed E-state index contributed by atoms with van der Waals surface area (Å²) in [6, 6.07) is 0. The Bertz CT molecular complexity index is 1570. The van der Waals surface area contributed by atoms with E-state index in [1.165, 1.54) is 109 Å². The van der Waals surface area contributed by atoms with E-state index in [0.29, 0.717) is 19.3 Å². The first-order valence-electron chi connectivity index (χ1n) is 31.3. The minimum atomic E-state index is -1.91. The predicted molar refractivity (Wildman–Crippen MR) is 312 cm³/mol. The number of rotatable bonds is 53. The van der Waals surface area contributed by atoms with E-state index >= 15 is 0 Å². The van der Waals surface area contributed by atoms with Gasteiger partial charge in [-0.15, -0.1) is 0 Å². The van der Waals surface area contributed by atoms with Crippen LogP contribution < -0.4 is 0 Å². The molecule has 0 bridgehead atoms. The van der Waals surface area contributed by atoms with Crippen LogP contribution in [0, 0.1) is 0 Å². The lowest BCUT2D eigenvalue weighted by Gasteiger charge is -2.40. The maximum atomic E-state index is 13.1. The fourth-order valence-electron chi connectivity index (χ4n) is 9.23. The van der Waals surface area contributed by atoms with Gasteiger partial charge in [0.15, 0.2) is 24.6 Å². The number of carboxylic acid groups (broad SMARTS) is 1. The van der Waals surface area contributed by atoms with E-state index in [0.717, 1.165) is 109 Å². The zero-order valence-corrected chi connectivity index (χ0v) is 49.0. The molecule has 12 nitrogen and oxygen atoms in total. The summed E-state index contributed by atoms with van der Waals surface area (Å²) in [5.74, 6) is -3.13. The van der Waals surface area contributed by atoms with Crippen molar-refractivity contribution in [2.24, 2.45) is 0 Å². The van der Waals surface area contributed by atoms with Gasteiger partial charge in [-0.1, -0.05) is 229 Å². The Morgan fingerprint density at radius 2 is 0.779 bits per heavy atom. The van der Waals surface area contributed by atoms with Gasteiger partial charge in [0.05, 0.1) is 6.61 Å². The Hall–Kier alpha value is -3.58. The predicted octanol–water partition coefficient (Wildman–Crippen LogP) is 16.3. The van der Waals surface area contributed by atoms with Crippen molar-refractivity contribution >= 4 is 23.9 Å². The van der Waals surface area contributed by atoms with Gasteiger partial charge in [-0.2, -0.15) is 0 Å². The third-order valence-electron chi connectivity index (χ3n) is 14.1. The van der Waals surface area contributed by atoms with Crippen molar-refractivity contribution in [2.75, 3.05) is 13.2 Å². The highest BCUT2D eigenvalue weighted by Gasteiger charge is 2.50. The van der Waals surface area contributed by atoms with Gasteiger partial charge in [-0.05, 0) is 89.9 Å². The first-order chi connectivity index (χ1) is 37.6. The molecule has 3 N–H and O–H groups in total. The lowest BCUT2D eigenvalue weighted by Crippen LogP contribution is -2.61. The zero-order chi connectivity index (χ0) is 56.1. The molecule has 12 heteroatoms. The summed E-state index contributed by atoms with van der Waals surface area (Å²) in [6.07, 6.45) is 53.2. The number of carbonyl (C=O) groups is 4. The molecule has 1 saturated heterocycles. The molecule has 0 radical (unpaired) electrons. The fourth-order valence-corrected chi connectivity index (χ4v) is 9.23. The van der Waals surface area contributed by atoms with Gasteiger partial charge >= 0.3 is 23.9 Å². The van der Waals surface area contributed by atoms with Gasteiger partial charge in [0.2, 0.25) is 0 Å². The number of aliphatic carboxylic acids is 1. The van der Waals surface area contributed by atoms with Crippen LogP contribution in [0.4, 0.5) is 0 Å². The lowest BCUT2D eigenvalue weighted by atomic mass is 9.98. The minimum absolute atomic E-state index is 0.0457. The molecular formula is C65H112O12. The third kappa shape index (κ3) is 43.0. The lowest BCUT2D eigenvalue weighted by molar-refractivity contribution is -0.301. The molecule has 0 aliphatic carbocycles. The van der Waals surface area contributed by atoms with E-state index in [2.05, 4.69) is 81.5 Å².